The lowest BCUT2D eigenvalue weighted by Crippen LogP contribution is -2.39. The van der Waals surface area contributed by atoms with Gasteiger partial charge < -0.3 is 24.3 Å². The largest absolute Gasteiger partial charge is 0.496 e. The first kappa shape index (κ1) is 27.4. The molecule has 9 nitrogen and oxygen atoms in total. The number of methoxy groups -OCH3 is 1. The van der Waals surface area contributed by atoms with Crippen molar-refractivity contribution in [3.8, 4) is 5.75 Å². The van der Waals surface area contributed by atoms with E-state index < -0.39 is 0 Å². The number of nitrogens with one attached hydrogen (secondary N) is 2. The number of aromatic nitrogens is 2. The van der Waals surface area contributed by atoms with Crippen LogP contribution in [0.1, 0.15) is 60.0 Å². The Balaban J connectivity index is 1.54. The molecule has 2 N–H and O–H groups in total. The van der Waals surface area contributed by atoms with Crippen LogP contribution in [-0.4, -0.2) is 59.7 Å². The van der Waals surface area contributed by atoms with Gasteiger partial charge in [-0.3, -0.25) is 19.3 Å². The average molecular weight is 523 g/mol. The molecule has 3 aromatic rings. The van der Waals surface area contributed by atoms with Gasteiger partial charge in [0.15, 0.2) is 0 Å². The molecule has 1 aromatic carbocycles. The number of hydrogen-bond donors (Lipinski definition) is 2. The fraction of sp³-hybridized carbons (Fsp3) is 0.483. The molecular weight excluding hydrogens is 484 g/mol. The third-order valence-corrected chi connectivity index (χ3v) is 7.64. The topological polar surface area (TPSA) is 106 Å². The van der Waals surface area contributed by atoms with Gasteiger partial charge in [-0.2, -0.15) is 0 Å². The number of rotatable bonds is 9. The minimum atomic E-state index is -0.274. The maximum Gasteiger partial charge on any atom is 0.320 e. The fourth-order valence-corrected chi connectivity index (χ4v) is 5.69. The summed E-state index contributed by atoms with van der Waals surface area (Å²) in [5.41, 5.74) is 3.34. The summed E-state index contributed by atoms with van der Waals surface area (Å²) < 4.78 is 12.8. The highest BCUT2D eigenvalue weighted by atomic mass is 16.5. The molecule has 3 heterocycles. The molecule has 2 aromatic heterocycles. The summed E-state index contributed by atoms with van der Waals surface area (Å²) in [4.78, 5) is 42.8. The van der Waals surface area contributed by atoms with Gasteiger partial charge >= 0.3 is 5.97 Å². The van der Waals surface area contributed by atoms with Crippen molar-refractivity contribution in [1.29, 1.82) is 0 Å². The molecule has 0 spiro atoms. The molecule has 1 fully saturated rings. The highest BCUT2D eigenvalue weighted by Crippen LogP contribution is 2.35. The first-order chi connectivity index (χ1) is 18.2. The lowest BCUT2D eigenvalue weighted by Gasteiger charge is -2.35. The Kier molecular flexibility index (Phi) is 8.56. The van der Waals surface area contributed by atoms with Crippen LogP contribution in [0.15, 0.2) is 35.1 Å². The third-order valence-electron chi connectivity index (χ3n) is 7.64. The number of amides is 1. The maximum atomic E-state index is 13.5. The van der Waals surface area contributed by atoms with Crippen LogP contribution in [0.4, 0.5) is 0 Å². The zero-order valence-electron chi connectivity index (χ0n) is 22.9. The Morgan fingerprint density at radius 2 is 1.89 bits per heavy atom. The maximum absolute atomic E-state index is 13.5. The number of carbonyl (C=O) groups is 2. The highest BCUT2D eigenvalue weighted by molar-refractivity contribution is 6.08. The summed E-state index contributed by atoms with van der Waals surface area (Å²) in [6, 6.07) is 9.88. The first-order valence-corrected chi connectivity index (χ1v) is 13.3. The van der Waals surface area contributed by atoms with E-state index in [4.69, 9.17) is 9.47 Å². The Bertz CT molecular complexity index is 1370. The number of carbonyl (C=O) groups excluding carboxylic acids is 2. The van der Waals surface area contributed by atoms with Gasteiger partial charge in [0, 0.05) is 28.3 Å². The molecular formula is C29H38N4O5. The van der Waals surface area contributed by atoms with E-state index in [1.165, 1.54) is 7.11 Å². The minimum absolute atomic E-state index is 0.0606. The Hall–Kier alpha value is -3.59. The number of aryl methyl sites for hydroxylation is 1. The fourth-order valence-electron chi connectivity index (χ4n) is 5.69. The Morgan fingerprint density at radius 3 is 2.58 bits per heavy atom. The monoisotopic (exact) mass is 522 g/mol. The Morgan fingerprint density at radius 1 is 1.18 bits per heavy atom. The van der Waals surface area contributed by atoms with Crippen LogP contribution >= 0.6 is 0 Å². The van der Waals surface area contributed by atoms with Crippen molar-refractivity contribution >= 4 is 22.8 Å². The lowest BCUT2D eigenvalue weighted by atomic mass is 9.90. The van der Waals surface area contributed by atoms with Gasteiger partial charge in [0.2, 0.25) is 0 Å². The molecule has 1 atom stereocenters. The van der Waals surface area contributed by atoms with E-state index in [0.29, 0.717) is 41.6 Å². The second-order valence-corrected chi connectivity index (χ2v) is 10.0. The summed E-state index contributed by atoms with van der Waals surface area (Å²) in [5.74, 6) is 0.464. The van der Waals surface area contributed by atoms with E-state index in [2.05, 4.69) is 32.8 Å². The van der Waals surface area contributed by atoms with Crippen molar-refractivity contribution in [2.45, 2.75) is 53.1 Å². The van der Waals surface area contributed by atoms with E-state index in [0.717, 1.165) is 42.5 Å². The molecule has 4 rings (SSSR count). The molecule has 1 amide bonds. The first-order valence-electron chi connectivity index (χ1n) is 13.3. The van der Waals surface area contributed by atoms with Gasteiger partial charge in [-0.1, -0.05) is 18.2 Å². The van der Waals surface area contributed by atoms with Crippen molar-refractivity contribution in [2.24, 2.45) is 5.92 Å². The number of likely N-dealkylation sites (tertiary alicyclic amines) is 1. The number of pyridine rings is 1. The molecule has 1 saturated heterocycles. The number of aromatic amines is 1. The third kappa shape index (κ3) is 5.62. The highest BCUT2D eigenvalue weighted by Gasteiger charge is 2.30. The summed E-state index contributed by atoms with van der Waals surface area (Å²) >= 11 is 0. The van der Waals surface area contributed by atoms with Crippen molar-refractivity contribution in [3.05, 3.63) is 63.2 Å². The van der Waals surface area contributed by atoms with E-state index >= 15 is 0 Å². The number of benzene rings is 1. The molecule has 1 aliphatic rings. The molecule has 38 heavy (non-hydrogen) atoms. The van der Waals surface area contributed by atoms with Gasteiger partial charge in [0.1, 0.15) is 5.75 Å². The lowest BCUT2D eigenvalue weighted by molar-refractivity contribution is -0.144. The Labute approximate surface area is 223 Å². The van der Waals surface area contributed by atoms with Gasteiger partial charge in [0.25, 0.3) is 11.5 Å². The number of para-hydroxylation sites is 1. The van der Waals surface area contributed by atoms with Crippen LogP contribution in [0, 0.1) is 19.8 Å². The number of nitrogens with zero attached hydrogens (tertiary/aromatic N) is 2. The van der Waals surface area contributed by atoms with Gasteiger partial charge in [-0.05, 0) is 71.7 Å². The van der Waals surface area contributed by atoms with Crippen LogP contribution in [-0.2, 0) is 16.1 Å². The zero-order valence-corrected chi connectivity index (χ0v) is 22.9. The molecule has 0 radical (unpaired) electrons. The summed E-state index contributed by atoms with van der Waals surface area (Å²) in [6.07, 6.45) is 1.92. The quantitative estimate of drug-likeness (QED) is 0.415. The number of esters is 1. The standard InChI is InChI=1S/C29H38N4O5/c1-6-38-26(34)17-32-13-11-21(12-14-32)19(3)33-20(4)27(22-9-7-8-10-24(22)33)29(36)30-16-23-25(37-5)15-18(2)31-28(23)35/h7-10,15,19,21H,6,11-14,16-17H2,1-5H3,(H,30,36)(H,31,35)/t19-/m1/s1. The SMILES string of the molecule is CCOC(=O)CN1CCC([C@@H](C)n2c(C)c(C(=O)NCc3c(OC)cc(C)[nH]c3=O)c3ccccc32)CC1. The normalized spacial score (nSPS) is 15.4. The molecule has 0 unspecified atom stereocenters. The van der Waals surface area contributed by atoms with Crippen molar-refractivity contribution < 1.29 is 19.1 Å². The minimum Gasteiger partial charge on any atom is -0.496 e. The van der Waals surface area contributed by atoms with Gasteiger partial charge in [-0.15, -0.1) is 0 Å². The van der Waals surface area contributed by atoms with Crippen molar-refractivity contribution in [1.82, 2.24) is 19.8 Å². The molecule has 0 saturated carbocycles. The van der Waals surface area contributed by atoms with Crippen LogP contribution in [0.5, 0.6) is 5.75 Å². The zero-order chi connectivity index (χ0) is 27.4. The number of hydrogen-bond acceptors (Lipinski definition) is 6. The number of H-pyrrole nitrogens is 1. The predicted octanol–water partition coefficient (Wildman–Crippen LogP) is 3.72. The summed E-state index contributed by atoms with van der Waals surface area (Å²) in [6.45, 7) is 10.3. The van der Waals surface area contributed by atoms with Crippen LogP contribution in [0.2, 0.25) is 0 Å². The second kappa shape index (κ2) is 11.9. The van der Waals surface area contributed by atoms with Gasteiger partial charge in [-0.25, -0.2) is 0 Å². The van der Waals surface area contributed by atoms with Gasteiger partial charge in [0.05, 0.1) is 37.9 Å². The van der Waals surface area contributed by atoms with Crippen LogP contribution in [0.3, 0.4) is 0 Å². The number of piperidine rings is 1. The second-order valence-electron chi connectivity index (χ2n) is 10.0. The molecule has 9 heteroatoms. The molecule has 0 aliphatic carbocycles. The number of fused-ring (bicyclic) bond motifs is 1. The molecule has 1 aliphatic heterocycles. The summed E-state index contributed by atoms with van der Waals surface area (Å²) in [5, 5.41) is 3.83. The average Bonchev–Trinajstić information content (AvgIpc) is 3.19. The van der Waals surface area contributed by atoms with Crippen LogP contribution < -0.4 is 15.6 Å². The smallest absolute Gasteiger partial charge is 0.320 e. The number of ether oxygens (including phenoxy) is 2. The van der Waals surface area contributed by atoms with E-state index in [1.807, 2.05) is 32.0 Å². The molecule has 0 bridgehead atoms. The van der Waals surface area contributed by atoms with Crippen LogP contribution in [0.25, 0.3) is 10.9 Å². The predicted molar refractivity (Wildman–Crippen MR) is 147 cm³/mol. The van der Waals surface area contributed by atoms with E-state index in [1.54, 1.807) is 13.0 Å². The summed E-state index contributed by atoms with van der Waals surface area (Å²) in [7, 11) is 1.51. The van der Waals surface area contributed by atoms with E-state index in [9.17, 15) is 14.4 Å². The van der Waals surface area contributed by atoms with Crippen molar-refractivity contribution in [3.63, 3.8) is 0 Å². The van der Waals surface area contributed by atoms with E-state index in [-0.39, 0.29) is 30.0 Å². The molecule has 204 valence electrons. The van der Waals surface area contributed by atoms with Crippen molar-refractivity contribution in [2.75, 3.05) is 33.4 Å².